The monoisotopic (exact) mass is 531 g/mol. The van der Waals surface area contributed by atoms with Crippen molar-refractivity contribution in [2.45, 2.75) is 31.4 Å². The summed E-state index contributed by atoms with van der Waals surface area (Å²) in [5.41, 5.74) is 1.42. The van der Waals surface area contributed by atoms with Crippen molar-refractivity contribution in [1.29, 1.82) is 0 Å². The molecular formula is C27H25F2O5S2+. The number of carbonyl (C=O) groups is 1. The molecule has 0 saturated heterocycles. The molecule has 1 aromatic heterocycles. The minimum absolute atomic E-state index is 0.00453. The van der Waals surface area contributed by atoms with E-state index in [0.29, 0.717) is 5.56 Å². The highest BCUT2D eigenvalue weighted by Gasteiger charge is 2.45. The number of carbonyl (C=O) groups excluding carboxylic acids is 1. The van der Waals surface area contributed by atoms with Gasteiger partial charge < -0.3 is 4.74 Å². The van der Waals surface area contributed by atoms with Crippen molar-refractivity contribution in [2.24, 2.45) is 0 Å². The van der Waals surface area contributed by atoms with Crippen LogP contribution in [-0.4, -0.2) is 30.8 Å². The van der Waals surface area contributed by atoms with Gasteiger partial charge in [-0.1, -0.05) is 63.7 Å². The highest BCUT2D eigenvalue weighted by Crippen LogP contribution is 2.50. The second-order valence-electron chi connectivity index (χ2n) is 9.42. The van der Waals surface area contributed by atoms with Gasteiger partial charge in [0.2, 0.25) is 0 Å². The molecule has 1 unspecified atom stereocenters. The summed E-state index contributed by atoms with van der Waals surface area (Å²) in [5, 5.41) is -2.98. The maximum Gasteiger partial charge on any atom is 0.402 e. The summed E-state index contributed by atoms with van der Waals surface area (Å²) in [6.07, 6.45) is 0. The van der Waals surface area contributed by atoms with Gasteiger partial charge >= 0.3 is 21.3 Å². The second-order valence-corrected chi connectivity index (χ2v) is 12.9. The summed E-state index contributed by atoms with van der Waals surface area (Å²) in [5.74, 6) is -1.20. The Kier molecular flexibility index (Phi) is 6.53. The van der Waals surface area contributed by atoms with Crippen LogP contribution in [0.1, 0.15) is 31.9 Å². The number of thiophene rings is 1. The summed E-state index contributed by atoms with van der Waals surface area (Å²) < 4.78 is 64.0. The smallest absolute Gasteiger partial charge is 0.402 e. The first-order valence-electron chi connectivity index (χ1n) is 11.0. The number of ether oxygens (including phenoxy) is 1. The molecule has 0 aliphatic rings. The number of fused-ring (bicyclic) bond motifs is 3. The summed E-state index contributed by atoms with van der Waals surface area (Å²) >= 11 is 0. The fourth-order valence-electron chi connectivity index (χ4n) is 3.97. The molecule has 1 heterocycles. The van der Waals surface area contributed by atoms with E-state index in [2.05, 4.69) is 56.4 Å². The number of benzene rings is 3. The molecule has 5 nitrogen and oxygen atoms in total. The lowest BCUT2D eigenvalue weighted by Crippen LogP contribution is -2.34. The van der Waals surface area contributed by atoms with Crippen molar-refractivity contribution in [3.63, 3.8) is 0 Å². The van der Waals surface area contributed by atoms with Crippen LogP contribution in [0.3, 0.4) is 0 Å². The minimum Gasteiger partial charge on any atom is -0.454 e. The molecule has 0 aliphatic carbocycles. The Labute approximate surface area is 210 Å². The van der Waals surface area contributed by atoms with Crippen molar-refractivity contribution >= 4 is 52.3 Å². The number of halogens is 2. The van der Waals surface area contributed by atoms with E-state index in [9.17, 15) is 22.0 Å². The van der Waals surface area contributed by atoms with Crippen molar-refractivity contribution in [2.75, 3.05) is 6.61 Å². The molecule has 4 aromatic rings. The van der Waals surface area contributed by atoms with Crippen LogP contribution in [0.15, 0.2) is 73.3 Å². The Morgan fingerprint density at radius 1 is 0.972 bits per heavy atom. The van der Waals surface area contributed by atoms with Gasteiger partial charge in [-0.25, -0.2) is 4.79 Å². The molecule has 0 spiro atoms. The van der Waals surface area contributed by atoms with Crippen LogP contribution in [0.25, 0.3) is 30.6 Å². The second kappa shape index (κ2) is 9.06. The van der Waals surface area contributed by atoms with Gasteiger partial charge in [0.05, 0.1) is 11.0 Å². The van der Waals surface area contributed by atoms with E-state index in [0.717, 1.165) is 25.1 Å². The van der Waals surface area contributed by atoms with Crippen LogP contribution < -0.4 is 0 Å². The highest BCUT2D eigenvalue weighted by molar-refractivity contribution is 7.86. The van der Waals surface area contributed by atoms with Gasteiger partial charge in [0.15, 0.2) is 20.9 Å². The summed E-state index contributed by atoms with van der Waals surface area (Å²) in [6.45, 7) is 8.36. The van der Waals surface area contributed by atoms with Crippen LogP contribution in [0.4, 0.5) is 8.78 Å². The quantitative estimate of drug-likeness (QED) is 0.125. The molecule has 0 radical (unpaired) electrons. The van der Waals surface area contributed by atoms with Gasteiger partial charge in [0.1, 0.15) is 0 Å². The molecule has 0 bridgehead atoms. The van der Waals surface area contributed by atoms with Crippen LogP contribution >= 0.6 is 10.5 Å². The number of hydrogen-bond acceptors (Lipinski definition) is 4. The van der Waals surface area contributed by atoms with Gasteiger partial charge in [-0.05, 0) is 41.3 Å². The minimum atomic E-state index is -5.73. The van der Waals surface area contributed by atoms with Crippen molar-refractivity contribution in [3.8, 4) is 4.90 Å². The van der Waals surface area contributed by atoms with E-state index in [-0.39, 0.29) is 11.0 Å². The van der Waals surface area contributed by atoms with E-state index in [1.54, 1.807) is 12.1 Å². The molecule has 0 aliphatic heterocycles. The zero-order valence-corrected chi connectivity index (χ0v) is 21.6. The first-order valence-corrected chi connectivity index (χ1v) is 13.7. The molecule has 1 N–H and O–H groups in total. The maximum atomic E-state index is 13.6. The van der Waals surface area contributed by atoms with Gasteiger partial charge in [-0.15, -0.1) is 0 Å². The Morgan fingerprint density at radius 3 is 2.19 bits per heavy atom. The SMILES string of the molecule is C=C(C(=O)OCC(F)(F)S(=O)(=O)O)c1cccc2c1c1ccccc1[s+]2-c1ccc(C(C)(C)C)cc1. The Balaban J connectivity index is 1.81. The van der Waals surface area contributed by atoms with Crippen molar-refractivity contribution in [3.05, 3.63) is 84.4 Å². The number of esters is 1. The Bertz CT molecular complexity index is 1600. The van der Waals surface area contributed by atoms with Crippen molar-refractivity contribution < 1.29 is 31.3 Å². The van der Waals surface area contributed by atoms with Gasteiger partial charge in [0.25, 0.3) is 0 Å². The third kappa shape index (κ3) is 4.66. The predicted molar refractivity (Wildman–Crippen MR) is 140 cm³/mol. The largest absolute Gasteiger partial charge is 0.454 e. The number of rotatable bonds is 6. The Morgan fingerprint density at radius 2 is 1.58 bits per heavy atom. The molecular weight excluding hydrogens is 506 g/mol. The first kappa shape index (κ1) is 25.9. The Hall–Kier alpha value is -3.14. The fraction of sp³-hybridized carbons (Fsp3) is 0.222. The lowest BCUT2D eigenvalue weighted by atomic mass is 9.87. The summed E-state index contributed by atoms with van der Waals surface area (Å²) in [7, 11) is -6.20. The number of alkyl halides is 2. The lowest BCUT2D eigenvalue weighted by molar-refractivity contribution is -0.142. The molecule has 0 amide bonds. The zero-order chi connectivity index (χ0) is 26.5. The van der Waals surface area contributed by atoms with E-state index >= 15 is 0 Å². The zero-order valence-electron chi connectivity index (χ0n) is 19.9. The van der Waals surface area contributed by atoms with E-state index in [1.165, 1.54) is 5.56 Å². The molecule has 188 valence electrons. The highest BCUT2D eigenvalue weighted by atomic mass is 32.2. The molecule has 4 rings (SSSR count). The van der Waals surface area contributed by atoms with Crippen LogP contribution in [-0.2, 0) is 25.1 Å². The fourth-order valence-corrected chi connectivity index (χ4v) is 6.57. The molecule has 1 atom stereocenters. The average Bonchev–Trinajstić information content (AvgIpc) is 3.15. The third-order valence-electron chi connectivity index (χ3n) is 5.90. The van der Waals surface area contributed by atoms with Crippen LogP contribution in [0.5, 0.6) is 0 Å². The predicted octanol–water partition coefficient (Wildman–Crippen LogP) is 7.07. The summed E-state index contributed by atoms with van der Waals surface area (Å²) in [4.78, 5) is 13.7. The van der Waals surface area contributed by atoms with Gasteiger partial charge in [0, 0.05) is 21.4 Å². The maximum absolute atomic E-state index is 13.6. The summed E-state index contributed by atoms with van der Waals surface area (Å²) in [6, 6.07) is 21.6. The van der Waals surface area contributed by atoms with E-state index in [4.69, 9.17) is 4.55 Å². The molecule has 3 aromatic carbocycles. The first-order chi connectivity index (χ1) is 16.7. The normalized spacial score (nSPS) is 13.2. The molecule has 36 heavy (non-hydrogen) atoms. The molecule has 0 fully saturated rings. The van der Waals surface area contributed by atoms with Crippen LogP contribution in [0, 0.1) is 0 Å². The lowest BCUT2D eigenvalue weighted by Gasteiger charge is -2.18. The average molecular weight is 532 g/mol. The molecule has 0 saturated carbocycles. The van der Waals surface area contributed by atoms with Gasteiger partial charge in [-0.3, -0.25) is 4.55 Å². The third-order valence-corrected chi connectivity index (χ3v) is 9.09. The van der Waals surface area contributed by atoms with E-state index < -0.39 is 38.4 Å². The standard InChI is InChI=1S/C27H24F2O5S2/c1-17(25(30)34-16-27(28,29)36(31,32)33)20-9-7-11-23-24(20)21-8-5-6-10-22(21)35(23)19-14-12-18(13-15-19)26(2,3)4/h5-15H,1,16H2,2-4H3/p+1. The molecule has 9 heteroatoms. The van der Waals surface area contributed by atoms with Crippen LogP contribution in [0.2, 0.25) is 0 Å². The van der Waals surface area contributed by atoms with E-state index in [1.807, 2.05) is 30.3 Å². The van der Waals surface area contributed by atoms with Crippen molar-refractivity contribution in [1.82, 2.24) is 0 Å². The number of hydrogen-bond donors (Lipinski definition) is 1. The van der Waals surface area contributed by atoms with Gasteiger partial charge in [-0.2, -0.15) is 17.2 Å². The topological polar surface area (TPSA) is 80.7 Å².